The van der Waals surface area contributed by atoms with Crippen molar-refractivity contribution in [3.8, 4) is 0 Å². The minimum atomic E-state index is -3.84. The van der Waals surface area contributed by atoms with Crippen LogP contribution in [0.2, 0.25) is 0 Å². The molecule has 0 aliphatic carbocycles. The molecule has 1 aliphatic rings. The molecule has 3 aromatic carbocycles. The van der Waals surface area contributed by atoms with Gasteiger partial charge in [0.1, 0.15) is 6.04 Å². The molecule has 1 aliphatic heterocycles. The maximum Gasteiger partial charge on any atom is 0.244 e. The van der Waals surface area contributed by atoms with Crippen molar-refractivity contribution in [1.82, 2.24) is 9.62 Å². The van der Waals surface area contributed by atoms with Crippen molar-refractivity contribution in [1.29, 1.82) is 0 Å². The number of nitrogens with zero attached hydrogens (tertiary/aromatic N) is 1. The van der Waals surface area contributed by atoms with Crippen molar-refractivity contribution in [2.24, 2.45) is 0 Å². The van der Waals surface area contributed by atoms with Crippen LogP contribution in [0.15, 0.2) is 77.7 Å². The lowest BCUT2D eigenvalue weighted by Gasteiger charge is -2.35. The Balaban J connectivity index is 1.66. The zero-order valence-electron chi connectivity index (χ0n) is 17.7. The van der Waals surface area contributed by atoms with E-state index in [0.29, 0.717) is 13.0 Å². The van der Waals surface area contributed by atoms with Gasteiger partial charge in [0, 0.05) is 13.1 Å². The first-order valence-electron chi connectivity index (χ1n) is 10.3. The van der Waals surface area contributed by atoms with Crippen LogP contribution >= 0.6 is 0 Å². The maximum absolute atomic E-state index is 13.5. The SMILES string of the molecule is Cc1cccc(S(=O)(=O)N2Cc3ccccc3C[C@H]2C(=O)NCc2ccccc2C)c1. The van der Waals surface area contributed by atoms with E-state index in [9.17, 15) is 13.2 Å². The predicted molar refractivity (Wildman–Crippen MR) is 121 cm³/mol. The van der Waals surface area contributed by atoms with E-state index < -0.39 is 16.1 Å². The molecular weight excluding hydrogens is 408 g/mol. The molecule has 0 saturated carbocycles. The number of rotatable bonds is 5. The highest BCUT2D eigenvalue weighted by molar-refractivity contribution is 7.89. The predicted octanol–water partition coefficient (Wildman–Crippen LogP) is 3.74. The Morgan fingerprint density at radius 2 is 1.68 bits per heavy atom. The molecule has 0 fully saturated rings. The number of carbonyl (C=O) groups excluding carboxylic acids is 1. The van der Waals surface area contributed by atoms with Gasteiger partial charge in [0.2, 0.25) is 15.9 Å². The summed E-state index contributed by atoms with van der Waals surface area (Å²) in [5.41, 5.74) is 4.90. The normalized spacial score (nSPS) is 16.5. The van der Waals surface area contributed by atoms with Crippen LogP contribution in [0.1, 0.15) is 27.8 Å². The first-order valence-corrected chi connectivity index (χ1v) is 11.8. The highest BCUT2D eigenvalue weighted by atomic mass is 32.2. The lowest BCUT2D eigenvalue weighted by Crippen LogP contribution is -2.52. The summed E-state index contributed by atoms with van der Waals surface area (Å²) in [5.74, 6) is -0.283. The molecule has 0 spiro atoms. The average molecular weight is 435 g/mol. The second-order valence-electron chi connectivity index (χ2n) is 8.00. The van der Waals surface area contributed by atoms with E-state index in [2.05, 4.69) is 5.32 Å². The van der Waals surface area contributed by atoms with Crippen LogP contribution in [-0.4, -0.2) is 24.7 Å². The smallest absolute Gasteiger partial charge is 0.244 e. The third-order valence-electron chi connectivity index (χ3n) is 5.82. The third-order valence-corrected chi connectivity index (χ3v) is 7.67. The van der Waals surface area contributed by atoms with Gasteiger partial charge in [-0.2, -0.15) is 4.31 Å². The van der Waals surface area contributed by atoms with Crippen molar-refractivity contribution in [3.05, 3.63) is 101 Å². The van der Waals surface area contributed by atoms with Gasteiger partial charge in [0.05, 0.1) is 4.90 Å². The van der Waals surface area contributed by atoms with E-state index in [0.717, 1.165) is 27.8 Å². The Morgan fingerprint density at radius 3 is 2.42 bits per heavy atom. The largest absolute Gasteiger partial charge is 0.351 e. The number of aryl methyl sites for hydroxylation is 2. The average Bonchev–Trinajstić information content (AvgIpc) is 2.77. The van der Waals surface area contributed by atoms with Crippen molar-refractivity contribution in [2.75, 3.05) is 0 Å². The summed E-state index contributed by atoms with van der Waals surface area (Å²) in [6.07, 6.45) is 0.348. The highest BCUT2D eigenvalue weighted by Crippen LogP contribution is 2.29. The highest BCUT2D eigenvalue weighted by Gasteiger charge is 2.39. The van der Waals surface area contributed by atoms with Crippen molar-refractivity contribution in [3.63, 3.8) is 0 Å². The molecule has 3 aromatic rings. The minimum Gasteiger partial charge on any atom is -0.351 e. The Hall–Kier alpha value is -2.96. The van der Waals surface area contributed by atoms with Crippen LogP contribution in [0.5, 0.6) is 0 Å². The number of hydrogen-bond acceptors (Lipinski definition) is 3. The topological polar surface area (TPSA) is 66.5 Å². The number of carbonyl (C=O) groups is 1. The quantitative estimate of drug-likeness (QED) is 0.665. The van der Waals surface area contributed by atoms with Crippen LogP contribution in [0.4, 0.5) is 0 Å². The summed E-state index contributed by atoms with van der Waals surface area (Å²) in [4.78, 5) is 13.4. The summed E-state index contributed by atoms with van der Waals surface area (Å²) < 4.78 is 28.4. The Labute approximate surface area is 183 Å². The lowest BCUT2D eigenvalue weighted by molar-refractivity contribution is -0.125. The van der Waals surface area contributed by atoms with Gasteiger partial charge in [-0.15, -0.1) is 0 Å². The fourth-order valence-corrected chi connectivity index (χ4v) is 5.67. The first kappa shape index (κ1) is 21.3. The Morgan fingerprint density at radius 1 is 0.968 bits per heavy atom. The standard InChI is InChI=1S/C25H26N2O3S/c1-18-8-7-13-23(14-18)31(29,30)27-17-22-12-6-5-10-20(22)15-24(27)25(28)26-16-21-11-4-3-9-19(21)2/h3-14,24H,15-17H2,1-2H3,(H,26,28)/t24-/m0/s1. The third kappa shape index (κ3) is 4.40. The maximum atomic E-state index is 13.5. The van der Waals surface area contributed by atoms with Gasteiger partial charge in [-0.25, -0.2) is 8.42 Å². The summed E-state index contributed by atoms with van der Waals surface area (Å²) in [6.45, 7) is 4.39. The summed E-state index contributed by atoms with van der Waals surface area (Å²) >= 11 is 0. The van der Waals surface area contributed by atoms with Gasteiger partial charge in [-0.05, 0) is 60.2 Å². The van der Waals surface area contributed by atoms with Crippen LogP contribution in [0.25, 0.3) is 0 Å². The van der Waals surface area contributed by atoms with Gasteiger partial charge in [0.25, 0.3) is 0 Å². The fourth-order valence-electron chi connectivity index (χ4n) is 3.99. The zero-order valence-corrected chi connectivity index (χ0v) is 18.5. The zero-order chi connectivity index (χ0) is 22.0. The molecule has 4 rings (SSSR count). The van der Waals surface area contributed by atoms with Crippen LogP contribution in [0, 0.1) is 13.8 Å². The molecule has 1 heterocycles. The Bertz CT molecular complexity index is 1220. The van der Waals surface area contributed by atoms with E-state index in [1.54, 1.807) is 18.2 Å². The first-order chi connectivity index (χ1) is 14.9. The van der Waals surface area contributed by atoms with Gasteiger partial charge in [-0.3, -0.25) is 4.79 Å². The van der Waals surface area contributed by atoms with Gasteiger partial charge >= 0.3 is 0 Å². The molecule has 0 saturated heterocycles. The van der Waals surface area contributed by atoms with E-state index in [-0.39, 0.29) is 17.3 Å². The number of sulfonamides is 1. The molecule has 1 N–H and O–H groups in total. The van der Waals surface area contributed by atoms with Gasteiger partial charge < -0.3 is 5.32 Å². The number of hydrogen-bond donors (Lipinski definition) is 1. The minimum absolute atomic E-state index is 0.175. The van der Waals surface area contributed by atoms with E-state index >= 15 is 0 Å². The van der Waals surface area contributed by atoms with Crippen LogP contribution < -0.4 is 5.32 Å². The summed E-state index contributed by atoms with van der Waals surface area (Å²) in [7, 11) is -3.84. The molecule has 1 atom stereocenters. The second-order valence-corrected chi connectivity index (χ2v) is 9.89. The fraction of sp³-hybridized carbons (Fsp3) is 0.240. The number of amides is 1. The van der Waals surface area contributed by atoms with Crippen LogP contribution in [0.3, 0.4) is 0 Å². The number of nitrogens with one attached hydrogen (secondary N) is 1. The van der Waals surface area contributed by atoms with E-state index in [1.165, 1.54) is 4.31 Å². The van der Waals surface area contributed by atoms with E-state index in [1.807, 2.05) is 68.4 Å². The van der Waals surface area contributed by atoms with Gasteiger partial charge in [0.15, 0.2) is 0 Å². The summed E-state index contributed by atoms with van der Waals surface area (Å²) in [6, 6.07) is 21.6. The number of fused-ring (bicyclic) bond motifs is 1. The molecule has 1 amide bonds. The molecule has 0 radical (unpaired) electrons. The van der Waals surface area contributed by atoms with Crippen molar-refractivity contribution in [2.45, 2.75) is 44.3 Å². The summed E-state index contributed by atoms with van der Waals surface area (Å²) in [5, 5.41) is 2.96. The monoisotopic (exact) mass is 434 g/mol. The molecule has 160 valence electrons. The molecule has 6 heteroatoms. The molecule has 5 nitrogen and oxygen atoms in total. The molecule has 31 heavy (non-hydrogen) atoms. The molecule has 0 aromatic heterocycles. The number of benzene rings is 3. The Kier molecular flexibility index (Phi) is 5.94. The van der Waals surface area contributed by atoms with Gasteiger partial charge in [-0.1, -0.05) is 60.7 Å². The van der Waals surface area contributed by atoms with Crippen molar-refractivity contribution < 1.29 is 13.2 Å². The van der Waals surface area contributed by atoms with Crippen LogP contribution in [-0.2, 0) is 34.3 Å². The molecular formula is C25H26N2O3S. The molecule has 0 unspecified atom stereocenters. The lowest BCUT2D eigenvalue weighted by atomic mass is 9.95. The van der Waals surface area contributed by atoms with Crippen molar-refractivity contribution >= 4 is 15.9 Å². The second kappa shape index (κ2) is 8.65. The molecule has 0 bridgehead atoms. The van der Waals surface area contributed by atoms with E-state index in [4.69, 9.17) is 0 Å².